The van der Waals surface area contributed by atoms with Gasteiger partial charge in [0.1, 0.15) is 0 Å². The van der Waals surface area contributed by atoms with Crippen molar-refractivity contribution in [3.05, 3.63) is 58.3 Å². The lowest BCUT2D eigenvalue weighted by atomic mass is 9.89. The molecular weight excluding hydrogens is 392 g/mol. The van der Waals surface area contributed by atoms with Crippen LogP contribution in [0.25, 0.3) is 10.9 Å². The molecule has 0 saturated heterocycles. The smallest absolute Gasteiger partial charge is 0.252 e. The minimum atomic E-state index is -0.0788. The highest BCUT2D eigenvalue weighted by atomic mass is 16.5. The van der Waals surface area contributed by atoms with Gasteiger partial charge in [-0.05, 0) is 68.0 Å². The van der Waals surface area contributed by atoms with E-state index in [-0.39, 0.29) is 5.91 Å². The molecule has 1 amide bonds. The van der Waals surface area contributed by atoms with Crippen LogP contribution in [0.15, 0.2) is 30.3 Å². The number of carbonyl (C=O) groups is 1. The molecule has 0 unspecified atom stereocenters. The second-order valence-corrected chi connectivity index (χ2v) is 7.86. The zero-order valence-corrected chi connectivity index (χ0v) is 18.5. The maximum atomic E-state index is 13.4. The Hall–Kier alpha value is -3.28. The van der Waals surface area contributed by atoms with Crippen LogP contribution in [0.5, 0.6) is 17.2 Å². The summed E-state index contributed by atoms with van der Waals surface area (Å²) in [4.78, 5) is 18.3. The van der Waals surface area contributed by atoms with Gasteiger partial charge in [0.25, 0.3) is 5.91 Å². The van der Waals surface area contributed by atoms with Crippen LogP contribution in [0.4, 0.5) is 0 Å². The highest BCUT2D eigenvalue weighted by Crippen LogP contribution is 2.38. The van der Waals surface area contributed by atoms with Gasteiger partial charge in [0.05, 0.1) is 32.4 Å². The van der Waals surface area contributed by atoms with Crippen molar-refractivity contribution in [1.29, 1.82) is 0 Å². The Balaban J connectivity index is 1.69. The van der Waals surface area contributed by atoms with Gasteiger partial charge in [-0.1, -0.05) is 11.6 Å². The van der Waals surface area contributed by atoms with Gasteiger partial charge < -0.3 is 19.5 Å². The lowest BCUT2D eigenvalue weighted by Crippen LogP contribution is -2.26. The monoisotopic (exact) mass is 420 g/mol. The van der Waals surface area contributed by atoms with Gasteiger partial charge in [-0.2, -0.15) is 0 Å². The molecular formula is C25H28N2O4. The summed E-state index contributed by atoms with van der Waals surface area (Å²) >= 11 is 0. The van der Waals surface area contributed by atoms with Crippen molar-refractivity contribution in [2.75, 3.05) is 21.3 Å². The van der Waals surface area contributed by atoms with Crippen molar-refractivity contribution < 1.29 is 19.0 Å². The summed E-state index contributed by atoms with van der Waals surface area (Å²) in [5, 5.41) is 4.02. The quantitative estimate of drug-likeness (QED) is 0.641. The molecule has 6 nitrogen and oxygen atoms in total. The number of carbonyl (C=O) groups excluding carboxylic acids is 1. The van der Waals surface area contributed by atoms with Gasteiger partial charge in [0.15, 0.2) is 11.5 Å². The third-order valence-corrected chi connectivity index (χ3v) is 5.82. The molecule has 3 aromatic rings. The summed E-state index contributed by atoms with van der Waals surface area (Å²) in [5.74, 6) is 1.58. The summed E-state index contributed by atoms with van der Waals surface area (Å²) in [6, 6.07) is 9.82. The molecule has 0 atom stereocenters. The number of ether oxygens (including phenoxy) is 3. The van der Waals surface area contributed by atoms with E-state index in [1.165, 1.54) is 0 Å². The lowest BCUT2D eigenvalue weighted by Gasteiger charge is -2.21. The molecule has 0 radical (unpaired) electrons. The standard InChI is InChI=1S/C25H28N2O4/c1-15-9-10-20-18(11-15)23(17-7-5-6-8-19(17)27-20)25(28)26-14-16-12-21(29-2)24(31-4)22(13-16)30-3/h9-13H,5-8,14H2,1-4H3,(H,26,28). The number of fused-ring (bicyclic) bond motifs is 2. The van der Waals surface area contributed by atoms with E-state index in [0.29, 0.717) is 23.8 Å². The minimum absolute atomic E-state index is 0.0788. The molecule has 0 fully saturated rings. The van der Waals surface area contributed by atoms with Crippen LogP contribution in [0.2, 0.25) is 0 Å². The number of methoxy groups -OCH3 is 3. The fraction of sp³-hybridized carbons (Fsp3) is 0.360. The number of nitrogens with one attached hydrogen (secondary N) is 1. The first-order chi connectivity index (χ1) is 15.0. The molecule has 2 aromatic carbocycles. The van der Waals surface area contributed by atoms with Crippen molar-refractivity contribution in [3.8, 4) is 17.2 Å². The van der Waals surface area contributed by atoms with Crippen LogP contribution in [-0.4, -0.2) is 32.2 Å². The molecule has 0 spiro atoms. The number of aryl methyl sites for hydroxylation is 2. The zero-order valence-electron chi connectivity index (χ0n) is 18.5. The molecule has 0 aliphatic heterocycles. The zero-order chi connectivity index (χ0) is 22.0. The summed E-state index contributed by atoms with van der Waals surface area (Å²) in [6.45, 7) is 2.39. The number of hydrogen-bond acceptors (Lipinski definition) is 5. The van der Waals surface area contributed by atoms with Crippen molar-refractivity contribution in [2.24, 2.45) is 0 Å². The topological polar surface area (TPSA) is 69.7 Å². The van der Waals surface area contributed by atoms with Crippen molar-refractivity contribution in [1.82, 2.24) is 10.3 Å². The molecule has 1 aliphatic carbocycles. The third-order valence-electron chi connectivity index (χ3n) is 5.82. The first-order valence-corrected chi connectivity index (χ1v) is 10.5. The van der Waals surface area contributed by atoms with Gasteiger partial charge >= 0.3 is 0 Å². The Kier molecular flexibility index (Phi) is 5.98. The highest BCUT2D eigenvalue weighted by molar-refractivity contribution is 6.08. The Labute approximate surface area is 182 Å². The molecule has 4 rings (SSSR count). The molecule has 0 bridgehead atoms. The summed E-state index contributed by atoms with van der Waals surface area (Å²) < 4.78 is 16.2. The van der Waals surface area contributed by atoms with Crippen LogP contribution < -0.4 is 19.5 Å². The fourth-order valence-corrected chi connectivity index (χ4v) is 4.31. The van der Waals surface area contributed by atoms with Crippen molar-refractivity contribution in [2.45, 2.75) is 39.2 Å². The van der Waals surface area contributed by atoms with Gasteiger partial charge in [-0.15, -0.1) is 0 Å². The molecule has 1 aromatic heterocycles. The Bertz CT molecular complexity index is 1120. The number of aromatic nitrogens is 1. The van der Waals surface area contributed by atoms with E-state index in [2.05, 4.69) is 11.4 Å². The minimum Gasteiger partial charge on any atom is -0.493 e. The number of hydrogen-bond donors (Lipinski definition) is 1. The van der Waals surface area contributed by atoms with E-state index in [0.717, 1.165) is 64.5 Å². The second-order valence-electron chi connectivity index (χ2n) is 7.86. The maximum absolute atomic E-state index is 13.4. The van der Waals surface area contributed by atoms with Crippen molar-refractivity contribution >= 4 is 16.8 Å². The van der Waals surface area contributed by atoms with Crippen molar-refractivity contribution in [3.63, 3.8) is 0 Å². The Morgan fingerprint density at radius 2 is 1.71 bits per heavy atom. The number of nitrogens with zero attached hydrogens (tertiary/aromatic N) is 1. The van der Waals surface area contributed by atoms with E-state index in [1.807, 2.05) is 31.2 Å². The number of pyridine rings is 1. The average molecular weight is 421 g/mol. The predicted molar refractivity (Wildman–Crippen MR) is 120 cm³/mol. The second kappa shape index (κ2) is 8.84. The summed E-state index contributed by atoms with van der Waals surface area (Å²) in [7, 11) is 4.73. The SMILES string of the molecule is COc1cc(CNC(=O)c2c3c(nc4ccc(C)cc24)CCCC3)cc(OC)c1OC. The molecule has 1 aliphatic rings. The van der Waals surface area contributed by atoms with E-state index >= 15 is 0 Å². The van der Waals surface area contributed by atoms with E-state index in [4.69, 9.17) is 19.2 Å². The highest BCUT2D eigenvalue weighted by Gasteiger charge is 2.23. The van der Waals surface area contributed by atoms with Gasteiger partial charge in [0, 0.05) is 17.6 Å². The molecule has 162 valence electrons. The van der Waals surface area contributed by atoms with E-state index < -0.39 is 0 Å². The molecule has 1 heterocycles. The van der Waals surface area contributed by atoms with Crippen LogP contribution >= 0.6 is 0 Å². The van der Waals surface area contributed by atoms with Crippen LogP contribution in [0.3, 0.4) is 0 Å². The van der Waals surface area contributed by atoms with Gasteiger partial charge in [-0.3, -0.25) is 9.78 Å². The van der Waals surface area contributed by atoms with E-state index in [9.17, 15) is 4.79 Å². The first-order valence-electron chi connectivity index (χ1n) is 10.5. The fourth-order valence-electron chi connectivity index (χ4n) is 4.31. The number of amides is 1. The average Bonchev–Trinajstić information content (AvgIpc) is 2.80. The summed E-state index contributed by atoms with van der Waals surface area (Å²) in [6.07, 6.45) is 4.01. The van der Waals surface area contributed by atoms with Gasteiger partial charge in [-0.25, -0.2) is 0 Å². The lowest BCUT2D eigenvalue weighted by molar-refractivity contribution is 0.0951. The van der Waals surface area contributed by atoms with E-state index in [1.54, 1.807) is 21.3 Å². The molecule has 0 saturated carbocycles. The van der Waals surface area contributed by atoms with Crippen LogP contribution in [0.1, 0.15) is 45.6 Å². The number of benzene rings is 2. The maximum Gasteiger partial charge on any atom is 0.252 e. The predicted octanol–water partition coefficient (Wildman–Crippen LogP) is 4.38. The van der Waals surface area contributed by atoms with Crippen LogP contribution in [-0.2, 0) is 19.4 Å². The largest absolute Gasteiger partial charge is 0.493 e. The summed E-state index contributed by atoms with van der Waals surface area (Å²) in [5.41, 5.74) is 5.77. The van der Waals surface area contributed by atoms with Gasteiger partial charge in [0.2, 0.25) is 5.75 Å². The molecule has 6 heteroatoms. The van der Waals surface area contributed by atoms with Crippen LogP contribution in [0, 0.1) is 6.92 Å². The molecule has 31 heavy (non-hydrogen) atoms. The molecule has 1 N–H and O–H groups in total. The first kappa shape index (κ1) is 21.0. The number of rotatable bonds is 6. The third kappa shape index (κ3) is 4.02. The normalized spacial score (nSPS) is 12.9. The Morgan fingerprint density at radius 3 is 2.39 bits per heavy atom. The Morgan fingerprint density at radius 1 is 1.00 bits per heavy atom.